The minimum absolute atomic E-state index is 0.350. The Balaban J connectivity index is 2.27. The molecular formula is C12H16N2O3. The molecule has 0 saturated carbocycles. The number of hydrogen-bond donors (Lipinski definition) is 3. The van der Waals surface area contributed by atoms with Gasteiger partial charge in [-0.15, -0.1) is 0 Å². The molecule has 0 radical (unpaired) electrons. The highest BCUT2D eigenvalue weighted by Crippen LogP contribution is 1.98. The predicted molar refractivity (Wildman–Crippen MR) is 63.4 cm³/mol. The number of carboxylic acids is 1. The molecular weight excluding hydrogens is 220 g/mol. The molecule has 0 bridgehead atoms. The van der Waals surface area contributed by atoms with Gasteiger partial charge < -0.3 is 16.2 Å². The van der Waals surface area contributed by atoms with Crippen LogP contribution in [0.25, 0.3) is 0 Å². The van der Waals surface area contributed by atoms with Crippen LogP contribution in [-0.4, -0.2) is 29.6 Å². The summed E-state index contributed by atoms with van der Waals surface area (Å²) >= 11 is 0. The van der Waals surface area contributed by atoms with Crippen molar-refractivity contribution in [2.45, 2.75) is 18.9 Å². The van der Waals surface area contributed by atoms with E-state index in [-0.39, 0.29) is 6.42 Å². The molecule has 1 atom stereocenters. The first-order chi connectivity index (χ1) is 8.09. The highest BCUT2D eigenvalue weighted by molar-refractivity contribution is 5.85. The number of rotatable bonds is 6. The maximum Gasteiger partial charge on any atom is 0.305 e. The van der Waals surface area contributed by atoms with Crippen LogP contribution in [0.5, 0.6) is 0 Å². The van der Waals surface area contributed by atoms with Crippen LogP contribution in [0.3, 0.4) is 0 Å². The fraction of sp³-hybridized carbons (Fsp3) is 0.333. The van der Waals surface area contributed by atoms with E-state index in [9.17, 15) is 9.59 Å². The number of benzene rings is 1. The average Bonchev–Trinajstić information content (AvgIpc) is 2.29. The van der Waals surface area contributed by atoms with Crippen molar-refractivity contribution in [2.75, 3.05) is 6.54 Å². The zero-order valence-corrected chi connectivity index (χ0v) is 9.43. The van der Waals surface area contributed by atoms with E-state index in [1.54, 1.807) is 0 Å². The number of hydrogen-bond acceptors (Lipinski definition) is 3. The Kier molecular flexibility index (Phi) is 5.16. The molecule has 0 aromatic heterocycles. The van der Waals surface area contributed by atoms with Crippen molar-refractivity contribution in [2.24, 2.45) is 5.73 Å². The topological polar surface area (TPSA) is 92.4 Å². The minimum atomic E-state index is -1.07. The van der Waals surface area contributed by atoms with Gasteiger partial charge in [0.2, 0.25) is 5.91 Å². The summed E-state index contributed by atoms with van der Waals surface area (Å²) in [5.41, 5.74) is 6.52. The van der Waals surface area contributed by atoms with Crippen LogP contribution in [0.2, 0.25) is 0 Å². The van der Waals surface area contributed by atoms with Crippen molar-refractivity contribution < 1.29 is 14.7 Å². The third kappa shape index (κ3) is 5.12. The van der Waals surface area contributed by atoms with E-state index in [4.69, 9.17) is 10.8 Å². The Hall–Kier alpha value is -1.88. The van der Waals surface area contributed by atoms with Crippen molar-refractivity contribution in [1.29, 1.82) is 0 Å². The van der Waals surface area contributed by atoms with Crippen LogP contribution in [0.1, 0.15) is 12.0 Å². The molecule has 1 aromatic carbocycles. The Morgan fingerprint density at radius 2 is 1.94 bits per heavy atom. The first kappa shape index (κ1) is 13.2. The Labute approximate surface area is 99.6 Å². The smallest absolute Gasteiger partial charge is 0.305 e. The zero-order valence-electron chi connectivity index (χ0n) is 9.43. The molecule has 5 nitrogen and oxygen atoms in total. The first-order valence-electron chi connectivity index (χ1n) is 5.38. The second kappa shape index (κ2) is 6.65. The lowest BCUT2D eigenvalue weighted by molar-refractivity contribution is -0.139. The second-order valence-corrected chi connectivity index (χ2v) is 3.73. The minimum Gasteiger partial charge on any atom is -0.481 e. The maximum atomic E-state index is 11.4. The van der Waals surface area contributed by atoms with E-state index < -0.39 is 17.9 Å². The van der Waals surface area contributed by atoms with Crippen LogP contribution >= 0.6 is 0 Å². The monoisotopic (exact) mass is 236 g/mol. The van der Waals surface area contributed by atoms with Crippen molar-refractivity contribution in [1.82, 2.24) is 5.32 Å². The molecule has 4 N–H and O–H groups in total. The van der Waals surface area contributed by atoms with Gasteiger partial charge in [0, 0.05) is 6.54 Å². The molecule has 1 rings (SSSR count). The highest BCUT2D eigenvalue weighted by atomic mass is 16.4. The summed E-state index contributed by atoms with van der Waals surface area (Å²) < 4.78 is 0. The highest BCUT2D eigenvalue weighted by Gasteiger charge is 2.15. The summed E-state index contributed by atoms with van der Waals surface area (Å²) in [5.74, 6) is -1.50. The summed E-state index contributed by atoms with van der Waals surface area (Å²) in [5, 5.41) is 11.1. The van der Waals surface area contributed by atoms with E-state index in [1.165, 1.54) is 0 Å². The van der Waals surface area contributed by atoms with Crippen LogP contribution in [0.15, 0.2) is 30.3 Å². The first-order valence-corrected chi connectivity index (χ1v) is 5.38. The molecule has 0 heterocycles. The van der Waals surface area contributed by atoms with E-state index >= 15 is 0 Å². The van der Waals surface area contributed by atoms with E-state index in [0.29, 0.717) is 13.0 Å². The van der Waals surface area contributed by atoms with E-state index in [0.717, 1.165) is 5.56 Å². The molecule has 5 heteroatoms. The standard InChI is InChI=1S/C12H16N2O3/c13-10(8-11(15)16)12(17)14-7-6-9-4-2-1-3-5-9/h1-5,10H,6-8,13H2,(H,14,17)(H,15,16)/t10-/m0/s1. The van der Waals surface area contributed by atoms with E-state index in [1.807, 2.05) is 30.3 Å². The normalized spacial score (nSPS) is 11.8. The average molecular weight is 236 g/mol. The molecule has 0 spiro atoms. The van der Waals surface area contributed by atoms with Gasteiger partial charge in [-0.25, -0.2) is 0 Å². The number of aliphatic carboxylic acids is 1. The summed E-state index contributed by atoms with van der Waals surface area (Å²) in [6.45, 7) is 0.455. The molecule has 0 fully saturated rings. The lowest BCUT2D eigenvalue weighted by atomic mass is 10.1. The predicted octanol–water partition coefficient (Wildman–Crippen LogP) is 0.147. The molecule has 1 aromatic rings. The summed E-state index contributed by atoms with van der Waals surface area (Å²) in [7, 11) is 0. The van der Waals surface area contributed by atoms with Crippen LogP contribution in [-0.2, 0) is 16.0 Å². The summed E-state index contributed by atoms with van der Waals surface area (Å²) in [6.07, 6.45) is 0.351. The van der Waals surface area contributed by atoms with Gasteiger partial charge in [-0.3, -0.25) is 9.59 Å². The largest absolute Gasteiger partial charge is 0.481 e. The van der Waals surface area contributed by atoms with Gasteiger partial charge in [0.05, 0.1) is 12.5 Å². The van der Waals surface area contributed by atoms with E-state index in [2.05, 4.69) is 5.32 Å². The van der Waals surface area contributed by atoms with Gasteiger partial charge in [0.1, 0.15) is 0 Å². The molecule has 0 aliphatic heterocycles. The quantitative estimate of drug-likeness (QED) is 0.655. The Morgan fingerprint density at radius 3 is 2.53 bits per heavy atom. The van der Waals surface area contributed by atoms with Gasteiger partial charge in [-0.05, 0) is 12.0 Å². The molecule has 0 aliphatic carbocycles. The number of carboxylic acid groups (broad SMARTS) is 1. The molecule has 17 heavy (non-hydrogen) atoms. The summed E-state index contributed by atoms with van der Waals surface area (Å²) in [6, 6.07) is 8.71. The molecule has 92 valence electrons. The number of carbonyl (C=O) groups excluding carboxylic acids is 1. The van der Waals surface area contributed by atoms with Crippen LogP contribution < -0.4 is 11.1 Å². The Morgan fingerprint density at radius 1 is 1.29 bits per heavy atom. The lowest BCUT2D eigenvalue weighted by Crippen LogP contribution is -2.42. The van der Waals surface area contributed by atoms with Crippen LogP contribution in [0, 0.1) is 0 Å². The van der Waals surface area contributed by atoms with Gasteiger partial charge in [0.15, 0.2) is 0 Å². The zero-order chi connectivity index (χ0) is 12.7. The Bertz CT molecular complexity index is 379. The summed E-state index contributed by atoms with van der Waals surface area (Å²) in [4.78, 5) is 21.7. The number of nitrogens with two attached hydrogens (primary N) is 1. The molecule has 0 aliphatic rings. The lowest BCUT2D eigenvalue weighted by Gasteiger charge is -2.09. The number of amides is 1. The fourth-order valence-electron chi connectivity index (χ4n) is 1.39. The van der Waals surface area contributed by atoms with Crippen LogP contribution in [0.4, 0.5) is 0 Å². The fourth-order valence-corrected chi connectivity index (χ4v) is 1.39. The maximum absolute atomic E-state index is 11.4. The van der Waals surface area contributed by atoms with Gasteiger partial charge in [-0.1, -0.05) is 30.3 Å². The molecule has 0 unspecified atom stereocenters. The molecule has 1 amide bonds. The van der Waals surface area contributed by atoms with Crippen molar-refractivity contribution >= 4 is 11.9 Å². The second-order valence-electron chi connectivity index (χ2n) is 3.73. The number of nitrogens with one attached hydrogen (secondary N) is 1. The third-order valence-electron chi connectivity index (χ3n) is 2.29. The van der Waals surface area contributed by atoms with Crippen molar-refractivity contribution in [3.05, 3.63) is 35.9 Å². The van der Waals surface area contributed by atoms with Crippen molar-refractivity contribution in [3.8, 4) is 0 Å². The van der Waals surface area contributed by atoms with Gasteiger partial charge in [0.25, 0.3) is 0 Å². The van der Waals surface area contributed by atoms with Gasteiger partial charge >= 0.3 is 5.97 Å². The third-order valence-corrected chi connectivity index (χ3v) is 2.29. The number of carbonyl (C=O) groups is 2. The van der Waals surface area contributed by atoms with Gasteiger partial charge in [-0.2, -0.15) is 0 Å². The SMILES string of the molecule is N[C@@H](CC(=O)O)C(=O)NCCc1ccccc1. The molecule has 0 saturated heterocycles. The van der Waals surface area contributed by atoms with Crippen molar-refractivity contribution in [3.63, 3.8) is 0 Å².